The molecule has 3 amide bonds. The summed E-state index contributed by atoms with van der Waals surface area (Å²) in [6.07, 6.45) is 0.811. The Labute approximate surface area is 239 Å². The normalized spacial score (nSPS) is 13.9. The van der Waals surface area contributed by atoms with E-state index in [4.69, 9.17) is 4.74 Å². The summed E-state index contributed by atoms with van der Waals surface area (Å²) in [5, 5.41) is 15.7. The standard InChI is InChI=1S/C32H47N3O5/c1-20(2)14-15-23(6)35(30(38)27(21(3)4)34-31(39)40-32(7,8)9)28(24-16-18-25(36)19-17-24)29(37)33-26-13-11-10-12-22(26)5/h10-13,16-21,23,27-28,36H,14-15H2,1-9H3,(H,33,37)(H,34,39). The van der Waals surface area contributed by atoms with Crippen LogP contribution in [0.1, 0.15) is 85.4 Å². The van der Waals surface area contributed by atoms with Gasteiger partial charge in [0.1, 0.15) is 23.4 Å². The molecule has 8 heteroatoms. The molecule has 3 N–H and O–H groups in total. The fraction of sp³-hybridized carbons (Fsp3) is 0.531. The number of aromatic hydroxyl groups is 1. The van der Waals surface area contributed by atoms with E-state index in [0.717, 1.165) is 12.0 Å². The molecule has 0 radical (unpaired) electrons. The number of nitrogens with one attached hydrogen (secondary N) is 2. The number of carbonyl (C=O) groups excluding carboxylic acids is 3. The number of phenols is 1. The van der Waals surface area contributed by atoms with Crippen LogP contribution < -0.4 is 10.6 Å². The van der Waals surface area contributed by atoms with Gasteiger partial charge in [0.2, 0.25) is 5.91 Å². The van der Waals surface area contributed by atoms with Crippen LogP contribution in [-0.4, -0.2) is 45.6 Å². The lowest BCUT2D eigenvalue weighted by atomic mass is 9.94. The van der Waals surface area contributed by atoms with E-state index in [1.807, 2.05) is 52.0 Å². The Balaban J connectivity index is 2.61. The Bertz CT molecular complexity index is 1140. The van der Waals surface area contributed by atoms with Crippen LogP contribution in [-0.2, 0) is 14.3 Å². The van der Waals surface area contributed by atoms with Gasteiger partial charge in [-0.25, -0.2) is 4.79 Å². The molecule has 40 heavy (non-hydrogen) atoms. The van der Waals surface area contributed by atoms with Gasteiger partial charge in [-0.15, -0.1) is 0 Å². The van der Waals surface area contributed by atoms with Crippen molar-refractivity contribution in [3.63, 3.8) is 0 Å². The maximum absolute atomic E-state index is 14.4. The van der Waals surface area contributed by atoms with E-state index in [1.54, 1.807) is 37.8 Å². The molecule has 0 aromatic heterocycles. The van der Waals surface area contributed by atoms with Gasteiger partial charge in [0.25, 0.3) is 5.91 Å². The lowest BCUT2D eigenvalue weighted by Crippen LogP contribution is -2.56. The molecule has 2 aromatic carbocycles. The van der Waals surface area contributed by atoms with Crippen molar-refractivity contribution in [2.45, 2.75) is 98.9 Å². The average Bonchev–Trinajstić information content (AvgIpc) is 2.84. The Morgan fingerprint density at radius 2 is 1.52 bits per heavy atom. The average molecular weight is 554 g/mol. The van der Waals surface area contributed by atoms with E-state index in [9.17, 15) is 19.5 Å². The third-order valence-electron chi connectivity index (χ3n) is 6.63. The summed E-state index contributed by atoms with van der Waals surface area (Å²) >= 11 is 0. The first-order valence-corrected chi connectivity index (χ1v) is 14.1. The topological polar surface area (TPSA) is 108 Å². The number of hydrogen-bond donors (Lipinski definition) is 3. The largest absolute Gasteiger partial charge is 0.508 e. The van der Waals surface area contributed by atoms with Crippen LogP contribution in [0.2, 0.25) is 0 Å². The molecule has 0 aliphatic heterocycles. The summed E-state index contributed by atoms with van der Waals surface area (Å²) in [6, 6.07) is 11.5. The molecule has 0 fully saturated rings. The van der Waals surface area contributed by atoms with Crippen molar-refractivity contribution < 1.29 is 24.2 Å². The van der Waals surface area contributed by atoms with E-state index in [0.29, 0.717) is 23.6 Å². The van der Waals surface area contributed by atoms with Crippen LogP contribution in [0.3, 0.4) is 0 Å². The van der Waals surface area contributed by atoms with Crippen molar-refractivity contribution in [1.29, 1.82) is 0 Å². The highest BCUT2D eigenvalue weighted by Gasteiger charge is 2.40. The second kappa shape index (κ2) is 14.2. The number of ether oxygens (including phenoxy) is 1. The molecule has 3 atom stereocenters. The number of aryl methyl sites for hydroxylation is 1. The fourth-order valence-corrected chi connectivity index (χ4v) is 4.43. The minimum atomic E-state index is -1.02. The van der Waals surface area contributed by atoms with Crippen molar-refractivity contribution in [2.75, 3.05) is 5.32 Å². The van der Waals surface area contributed by atoms with Crippen LogP contribution in [0.15, 0.2) is 48.5 Å². The molecule has 0 aliphatic carbocycles. The van der Waals surface area contributed by atoms with Gasteiger partial charge in [0, 0.05) is 11.7 Å². The molecule has 0 bridgehead atoms. The lowest BCUT2D eigenvalue weighted by Gasteiger charge is -2.39. The molecule has 3 unspecified atom stereocenters. The van der Waals surface area contributed by atoms with Gasteiger partial charge >= 0.3 is 6.09 Å². The minimum absolute atomic E-state index is 0.0548. The van der Waals surface area contributed by atoms with Crippen LogP contribution in [0.4, 0.5) is 10.5 Å². The number of para-hydroxylation sites is 1. The van der Waals surface area contributed by atoms with Crippen molar-refractivity contribution in [3.05, 3.63) is 59.7 Å². The van der Waals surface area contributed by atoms with E-state index in [2.05, 4.69) is 24.5 Å². The molecule has 0 aliphatic rings. The zero-order chi connectivity index (χ0) is 30.2. The van der Waals surface area contributed by atoms with Crippen molar-refractivity contribution in [3.8, 4) is 5.75 Å². The SMILES string of the molecule is Cc1ccccc1NC(=O)C(c1ccc(O)cc1)N(C(=O)C(NC(=O)OC(C)(C)C)C(C)C)C(C)CCC(C)C. The van der Waals surface area contributed by atoms with Crippen LogP contribution in [0.5, 0.6) is 5.75 Å². The number of phenolic OH excluding ortho intramolecular Hbond substituents is 1. The Morgan fingerprint density at radius 1 is 0.925 bits per heavy atom. The minimum Gasteiger partial charge on any atom is -0.508 e. The third kappa shape index (κ3) is 9.57. The molecule has 2 aromatic rings. The van der Waals surface area contributed by atoms with Crippen LogP contribution in [0.25, 0.3) is 0 Å². The smallest absolute Gasteiger partial charge is 0.408 e. The number of carbonyl (C=O) groups is 3. The summed E-state index contributed by atoms with van der Waals surface area (Å²) in [4.78, 5) is 42.8. The van der Waals surface area contributed by atoms with Gasteiger partial charge in [-0.3, -0.25) is 9.59 Å². The molecule has 0 saturated heterocycles. The number of benzene rings is 2. The number of hydrogen-bond acceptors (Lipinski definition) is 5. The van der Waals surface area contributed by atoms with E-state index >= 15 is 0 Å². The molecule has 220 valence electrons. The van der Waals surface area contributed by atoms with Crippen molar-refractivity contribution in [2.24, 2.45) is 11.8 Å². The number of nitrogens with zero attached hydrogens (tertiary/aromatic N) is 1. The Morgan fingerprint density at radius 3 is 2.05 bits per heavy atom. The quantitative estimate of drug-likeness (QED) is 0.291. The zero-order valence-corrected chi connectivity index (χ0v) is 25.4. The summed E-state index contributed by atoms with van der Waals surface area (Å²) in [5.41, 5.74) is 1.35. The highest BCUT2D eigenvalue weighted by molar-refractivity contribution is 5.99. The summed E-state index contributed by atoms with van der Waals surface area (Å²) in [7, 11) is 0. The van der Waals surface area contributed by atoms with Gasteiger partial charge < -0.3 is 25.4 Å². The van der Waals surface area contributed by atoms with E-state index < -0.39 is 23.8 Å². The Hall–Kier alpha value is -3.55. The highest BCUT2D eigenvalue weighted by atomic mass is 16.6. The van der Waals surface area contributed by atoms with Crippen LogP contribution >= 0.6 is 0 Å². The molecule has 2 rings (SSSR count). The molecule has 0 heterocycles. The number of alkyl carbamates (subject to hydrolysis) is 1. The molecular formula is C32H47N3O5. The molecular weight excluding hydrogens is 506 g/mol. The highest BCUT2D eigenvalue weighted by Crippen LogP contribution is 2.31. The number of anilines is 1. The van der Waals surface area contributed by atoms with Crippen LogP contribution in [0, 0.1) is 18.8 Å². The summed E-state index contributed by atoms with van der Waals surface area (Å²) in [5.74, 6) is -0.591. The van der Waals surface area contributed by atoms with Gasteiger partial charge in [-0.05, 0) is 88.6 Å². The summed E-state index contributed by atoms with van der Waals surface area (Å²) in [6.45, 7) is 17.0. The second-order valence-electron chi connectivity index (χ2n) is 12.2. The second-order valence-corrected chi connectivity index (χ2v) is 12.2. The van der Waals surface area contributed by atoms with Gasteiger partial charge in [0.15, 0.2) is 0 Å². The first-order chi connectivity index (χ1) is 18.6. The monoisotopic (exact) mass is 553 g/mol. The first kappa shape index (κ1) is 32.7. The molecule has 8 nitrogen and oxygen atoms in total. The predicted octanol–water partition coefficient (Wildman–Crippen LogP) is 6.58. The fourth-order valence-electron chi connectivity index (χ4n) is 4.43. The molecule has 0 spiro atoms. The van der Waals surface area contributed by atoms with E-state index in [-0.39, 0.29) is 29.5 Å². The van der Waals surface area contributed by atoms with Crippen molar-refractivity contribution >= 4 is 23.6 Å². The summed E-state index contributed by atoms with van der Waals surface area (Å²) < 4.78 is 5.46. The van der Waals surface area contributed by atoms with Crippen molar-refractivity contribution in [1.82, 2.24) is 10.2 Å². The van der Waals surface area contributed by atoms with E-state index in [1.165, 1.54) is 12.1 Å². The number of amides is 3. The lowest BCUT2D eigenvalue weighted by molar-refractivity contribution is -0.144. The van der Waals surface area contributed by atoms with Gasteiger partial charge in [-0.1, -0.05) is 58.0 Å². The third-order valence-corrected chi connectivity index (χ3v) is 6.63. The molecule has 0 saturated carbocycles. The predicted molar refractivity (Wildman–Crippen MR) is 159 cm³/mol. The maximum atomic E-state index is 14.4. The zero-order valence-electron chi connectivity index (χ0n) is 25.4. The first-order valence-electron chi connectivity index (χ1n) is 14.1. The maximum Gasteiger partial charge on any atom is 0.408 e. The Kier molecular flexibility index (Phi) is 11.6. The van der Waals surface area contributed by atoms with Gasteiger partial charge in [-0.2, -0.15) is 0 Å². The number of rotatable bonds is 11. The van der Waals surface area contributed by atoms with Gasteiger partial charge in [0.05, 0.1) is 0 Å².